The summed E-state index contributed by atoms with van der Waals surface area (Å²) in [6.45, 7) is 0.205. The molecule has 2 N–H and O–H groups in total. The van der Waals surface area contributed by atoms with Crippen LogP contribution in [-0.2, 0) is 35.1 Å². The molecule has 3 aromatic rings. The van der Waals surface area contributed by atoms with Crippen molar-refractivity contribution in [2.45, 2.75) is 30.6 Å². The monoisotopic (exact) mass is 447 g/mol. The lowest BCUT2D eigenvalue weighted by molar-refractivity contribution is -0.183. The third-order valence-corrected chi connectivity index (χ3v) is 5.97. The first-order chi connectivity index (χ1) is 14.9. The molecule has 164 valence electrons. The van der Waals surface area contributed by atoms with Crippen molar-refractivity contribution in [3.8, 4) is 0 Å². The lowest BCUT2D eigenvalue weighted by atomic mass is 10.00. The molecule has 4 heterocycles. The van der Waals surface area contributed by atoms with Gasteiger partial charge in [-0.1, -0.05) is 30.3 Å². The van der Waals surface area contributed by atoms with Crippen LogP contribution in [0, 0.1) is 0 Å². The SMILES string of the molecule is CS(=O)(=O)OC[C@]12CO[C@@H]([C@H](n3cnc4c(N)ncnc43)O1)[C@@H]2OCc1ccccc1. The molecule has 1 aromatic carbocycles. The maximum atomic E-state index is 11.7. The zero-order valence-electron chi connectivity index (χ0n) is 16.6. The molecule has 0 amide bonds. The number of imidazole rings is 1. The molecule has 2 saturated heterocycles. The molecule has 2 fully saturated rings. The van der Waals surface area contributed by atoms with Crippen molar-refractivity contribution in [1.29, 1.82) is 0 Å². The first-order valence-corrected chi connectivity index (χ1v) is 11.4. The summed E-state index contributed by atoms with van der Waals surface area (Å²) in [5.41, 5.74) is 6.68. The second-order valence-corrected chi connectivity index (χ2v) is 9.26. The highest BCUT2D eigenvalue weighted by Gasteiger charge is 2.63. The van der Waals surface area contributed by atoms with E-state index in [1.165, 1.54) is 6.33 Å². The molecule has 2 aliphatic rings. The summed E-state index contributed by atoms with van der Waals surface area (Å²) in [6.07, 6.45) is 2.12. The minimum atomic E-state index is -3.69. The van der Waals surface area contributed by atoms with Crippen molar-refractivity contribution in [3.05, 3.63) is 48.5 Å². The van der Waals surface area contributed by atoms with Crippen molar-refractivity contribution in [2.24, 2.45) is 0 Å². The van der Waals surface area contributed by atoms with Crippen LogP contribution >= 0.6 is 0 Å². The quantitative estimate of drug-likeness (QED) is 0.513. The molecule has 2 bridgehead atoms. The van der Waals surface area contributed by atoms with Gasteiger partial charge in [0.25, 0.3) is 10.1 Å². The fraction of sp³-hybridized carbons (Fsp3) is 0.421. The number of anilines is 1. The van der Waals surface area contributed by atoms with E-state index >= 15 is 0 Å². The van der Waals surface area contributed by atoms with Crippen molar-refractivity contribution in [3.63, 3.8) is 0 Å². The average molecular weight is 447 g/mol. The number of hydrogen-bond donors (Lipinski definition) is 1. The summed E-state index contributed by atoms with van der Waals surface area (Å²) in [5, 5.41) is 0. The van der Waals surface area contributed by atoms with Crippen molar-refractivity contribution >= 4 is 27.1 Å². The number of benzene rings is 1. The zero-order chi connectivity index (χ0) is 21.6. The first-order valence-electron chi connectivity index (χ1n) is 9.59. The smallest absolute Gasteiger partial charge is 0.264 e. The summed E-state index contributed by atoms with van der Waals surface area (Å²) in [4.78, 5) is 12.5. The van der Waals surface area contributed by atoms with Crippen LogP contribution in [0.1, 0.15) is 11.8 Å². The summed E-state index contributed by atoms with van der Waals surface area (Å²) < 4.78 is 48.6. The Morgan fingerprint density at radius 2 is 2.06 bits per heavy atom. The second kappa shape index (κ2) is 7.50. The molecule has 11 nitrogen and oxygen atoms in total. The number of nitrogens with zero attached hydrogens (tertiary/aromatic N) is 4. The number of nitrogen functional groups attached to an aromatic ring is 1. The summed E-state index contributed by atoms with van der Waals surface area (Å²) in [6, 6.07) is 9.64. The minimum Gasteiger partial charge on any atom is -0.382 e. The highest BCUT2D eigenvalue weighted by molar-refractivity contribution is 7.85. The lowest BCUT2D eigenvalue weighted by Crippen LogP contribution is -2.46. The Morgan fingerprint density at radius 1 is 1.26 bits per heavy atom. The van der Waals surface area contributed by atoms with E-state index in [2.05, 4.69) is 15.0 Å². The van der Waals surface area contributed by atoms with Gasteiger partial charge in [0.2, 0.25) is 0 Å². The predicted molar refractivity (Wildman–Crippen MR) is 108 cm³/mol. The van der Waals surface area contributed by atoms with Gasteiger partial charge in [-0.3, -0.25) is 8.75 Å². The molecule has 0 saturated carbocycles. The van der Waals surface area contributed by atoms with Crippen LogP contribution in [0.5, 0.6) is 0 Å². The van der Waals surface area contributed by atoms with Crippen LogP contribution in [0.3, 0.4) is 0 Å². The number of nitrogens with two attached hydrogens (primary N) is 1. The highest BCUT2D eigenvalue weighted by Crippen LogP contribution is 2.47. The van der Waals surface area contributed by atoms with Crippen LogP contribution < -0.4 is 5.73 Å². The van der Waals surface area contributed by atoms with Crippen LogP contribution in [0.25, 0.3) is 11.2 Å². The van der Waals surface area contributed by atoms with E-state index in [0.717, 1.165) is 11.8 Å². The van der Waals surface area contributed by atoms with E-state index < -0.39 is 34.2 Å². The summed E-state index contributed by atoms with van der Waals surface area (Å²) in [5.74, 6) is 0.250. The highest BCUT2D eigenvalue weighted by atomic mass is 32.2. The molecule has 0 radical (unpaired) electrons. The second-order valence-electron chi connectivity index (χ2n) is 7.62. The number of rotatable bonds is 7. The first kappa shape index (κ1) is 20.3. The molecule has 5 rings (SSSR count). The summed E-state index contributed by atoms with van der Waals surface area (Å²) >= 11 is 0. The Hall–Kier alpha value is -2.64. The molecule has 2 aliphatic heterocycles. The molecular weight excluding hydrogens is 426 g/mol. The fourth-order valence-electron chi connectivity index (χ4n) is 3.99. The summed E-state index contributed by atoms with van der Waals surface area (Å²) in [7, 11) is -3.69. The zero-order valence-corrected chi connectivity index (χ0v) is 17.4. The Morgan fingerprint density at radius 3 is 2.84 bits per heavy atom. The molecule has 0 unspecified atom stereocenters. The number of ether oxygens (including phenoxy) is 3. The standard InChI is InChI=1S/C19H21N5O6S/c1-31(25,26)29-9-19-8-28-14(15(19)27-7-12-5-3-2-4-6-12)18(30-19)24-11-23-13-16(20)21-10-22-17(13)24/h2-6,10-11,14-15,18H,7-9H2,1H3,(H2,20,21,22)/t14-,15+,18-,19+/m1/s1. The van der Waals surface area contributed by atoms with Gasteiger partial charge in [0, 0.05) is 0 Å². The van der Waals surface area contributed by atoms with E-state index in [1.807, 2.05) is 30.3 Å². The number of hydrogen-bond acceptors (Lipinski definition) is 10. The molecule has 12 heteroatoms. The van der Waals surface area contributed by atoms with Gasteiger partial charge in [0.1, 0.15) is 36.3 Å². The molecule has 2 aromatic heterocycles. The number of aromatic nitrogens is 4. The number of fused-ring (bicyclic) bond motifs is 3. The molecular formula is C19H21N5O6S. The van der Waals surface area contributed by atoms with Crippen LogP contribution in [0.15, 0.2) is 43.0 Å². The van der Waals surface area contributed by atoms with Gasteiger partial charge in [-0.15, -0.1) is 0 Å². The van der Waals surface area contributed by atoms with Gasteiger partial charge in [-0.25, -0.2) is 15.0 Å². The van der Waals surface area contributed by atoms with Gasteiger partial charge in [0.15, 0.2) is 17.7 Å². The topological polar surface area (TPSA) is 141 Å². The third-order valence-electron chi connectivity index (χ3n) is 5.42. The van der Waals surface area contributed by atoms with Crippen molar-refractivity contribution in [1.82, 2.24) is 19.5 Å². The Labute approximate surface area is 178 Å². The van der Waals surface area contributed by atoms with E-state index in [1.54, 1.807) is 10.9 Å². The molecule has 31 heavy (non-hydrogen) atoms. The molecule has 4 atom stereocenters. The Kier molecular flexibility index (Phi) is 4.90. The maximum absolute atomic E-state index is 11.7. The van der Waals surface area contributed by atoms with Gasteiger partial charge in [0.05, 0.1) is 25.8 Å². The van der Waals surface area contributed by atoms with E-state index in [9.17, 15) is 8.42 Å². The Bertz CT molecular complexity index is 1200. The van der Waals surface area contributed by atoms with E-state index in [-0.39, 0.29) is 19.0 Å². The lowest BCUT2D eigenvalue weighted by Gasteiger charge is -2.31. The fourth-order valence-corrected chi connectivity index (χ4v) is 4.40. The van der Waals surface area contributed by atoms with Gasteiger partial charge in [-0.05, 0) is 5.56 Å². The van der Waals surface area contributed by atoms with Gasteiger partial charge < -0.3 is 19.9 Å². The molecule has 0 spiro atoms. The van der Waals surface area contributed by atoms with Gasteiger partial charge >= 0.3 is 0 Å². The Balaban J connectivity index is 1.47. The van der Waals surface area contributed by atoms with E-state index in [0.29, 0.717) is 17.8 Å². The normalized spacial score (nSPS) is 27.8. The largest absolute Gasteiger partial charge is 0.382 e. The average Bonchev–Trinajstić information content (AvgIpc) is 3.41. The van der Waals surface area contributed by atoms with Crippen LogP contribution in [-0.4, -0.2) is 65.2 Å². The van der Waals surface area contributed by atoms with Crippen molar-refractivity contribution in [2.75, 3.05) is 25.2 Å². The minimum absolute atomic E-state index is 0.132. The van der Waals surface area contributed by atoms with Crippen LogP contribution in [0.4, 0.5) is 5.82 Å². The maximum Gasteiger partial charge on any atom is 0.264 e. The van der Waals surface area contributed by atoms with Gasteiger partial charge in [-0.2, -0.15) is 8.42 Å². The van der Waals surface area contributed by atoms with E-state index in [4.69, 9.17) is 24.1 Å². The van der Waals surface area contributed by atoms with Crippen molar-refractivity contribution < 1.29 is 26.8 Å². The molecule has 0 aliphatic carbocycles. The predicted octanol–water partition coefficient (Wildman–Crippen LogP) is 0.637. The van der Waals surface area contributed by atoms with Crippen LogP contribution in [0.2, 0.25) is 0 Å². The third kappa shape index (κ3) is 3.66.